The number of rotatable bonds is 5. The zero-order chi connectivity index (χ0) is 23.0. The minimum Gasteiger partial charge on any atom is -0.493 e. The fourth-order valence-electron chi connectivity index (χ4n) is 4.79. The van der Waals surface area contributed by atoms with Gasteiger partial charge in [-0.3, -0.25) is 4.68 Å². The van der Waals surface area contributed by atoms with Crippen LogP contribution in [0.4, 0.5) is 0 Å². The Morgan fingerprint density at radius 2 is 2.09 bits per heavy atom. The van der Waals surface area contributed by atoms with Crippen LogP contribution >= 0.6 is 0 Å². The number of carboxylic acids is 1. The molecule has 2 aliphatic rings. The molecule has 2 unspecified atom stereocenters. The summed E-state index contributed by atoms with van der Waals surface area (Å²) < 4.78 is 13.6. The Morgan fingerprint density at radius 3 is 2.78 bits per heavy atom. The maximum absolute atomic E-state index is 12.4. The fraction of sp³-hybridized carbons (Fsp3) is 0.538. The second kappa shape index (κ2) is 8.74. The van der Waals surface area contributed by atoms with Crippen molar-refractivity contribution in [1.29, 1.82) is 0 Å². The fourth-order valence-corrected chi connectivity index (χ4v) is 4.79. The molecule has 1 aromatic heterocycles. The van der Waals surface area contributed by atoms with Gasteiger partial charge in [0.15, 0.2) is 6.10 Å². The van der Waals surface area contributed by atoms with Gasteiger partial charge in [0.1, 0.15) is 5.75 Å². The van der Waals surface area contributed by atoms with Crippen LogP contribution in [0.25, 0.3) is 16.7 Å². The molecule has 6 heteroatoms. The Hall–Kier alpha value is -2.60. The summed E-state index contributed by atoms with van der Waals surface area (Å²) in [6.07, 6.45) is 6.37. The van der Waals surface area contributed by atoms with Gasteiger partial charge >= 0.3 is 5.97 Å². The number of carboxylic acid groups (broad SMARTS) is 1. The summed E-state index contributed by atoms with van der Waals surface area (Å²) in [6.45, 7) is 8.59. The van der Waals surface area contributed by atoms with Crippen molar-refractivity contribution in [2.75, 3.05) is 6.61 Å². The Balaban J connectivity index is 1.94. The number of ether oxygens (including phenoxy) is 2. The van der Waals surface area contributed by atoms with Gasteiger partial charge in [-0.2, -0.15) is 5.10 Å². The van der Waals surface area contributed by atoms with Gasteiger partial charge in [0.2, 0.25) is 0 Å². The van der Waals surface area contributed by atoms with E-state index in [0.29, 0.717) is 11.6 Å². The minimum atomic E-state index is -1.12. The van der Waals surface area contributed by atoms with E-state index in [2.05, 4.69) is 19.1 Å². The van der Waals surface area contributed by atoms with E-state index in [-0.39, 0.29) is 0 Å². The second-order valence-corrected chi connectivity index (χ2v) is 9.95. The Labute approximate surface area is 190 Å². The van der Waals surface area contributed by atoms with Crippen LogP contribution in [-0.2, 0) is 23.0 Å². The summed E-state index contributed by atoms with van der Waals surface area (Å²) in [5.74, 6) is 0.277. The maximum Gasteiger partial charge on any atom is 0.339 e. The maximum atomic E-state index is 12.4. The van der Waals surface area contributed by atoms with Gasteiger partial charge in [-0.15, -0.1) is 0 Å². The van der Waals surface area contributed by atoms with Crippen LogP contribution in [-0.4, -0.2) is 33.1 Å². The molecule has 0 fully saturated rings. The summed E-state index contributed by atoms with van der Waals surface area (Å²) in [5.41, 5.74) is 5.01. The predicted octanol–water partition coefficient (Wildman–Crippen LogP) is 5.56. The third kappa shape index (κ3) is 4.46. The standard InChI is InChI=1S/C26H34N2O4/c1-16-9-6-7-11-19(16)22-21(18-12-13-20-17(15-18)10-8-14-31-20)23(28(5)27-22)24(25(29)30)32-26(2,3)4/h11-13,15-16,24H,6-10,14H2,1-5H3,(H,29,30). The summed E-state index contributed by atoms with van der Waals surface area (Å²) in [4.78, 5) is 12.4. The van der Waals surface area contributed by atoms with Crippen LogP contribution in [0, 0.1) is 5.92 Å². The molecule has 2 heterocycles. The lowest BCUT2D eigenvalue weighted by molar-refractivity contribution is -0.161. The number of hydrogen-bond donors (Lipinski definition) is 1. The molecule has 1 N–H and O–H groups in total. The van der Waals surface area contributed by atoms with E-state index in [9.17, 15) is 9.90 Å². The lowest BCUT2D eigenvalue weighted by Gasteiger charge is -2.26. The van der Waals surface area contributed by atoms with E-state index in [4.69, 9.17) is 14.6 Å². The van der Waals surface area contributed by atoms with E-state index < -0.39 is 17.7 Å². The molecule has 0 spiro atoms. The van der Waals surface area contributed by atoms with Crippen molar-refractivity contribution in [2.24, 2.45) is 13.0 Å². The summed E-state index contributed by atoms with van der Waals surface area (Å²) in [7, 11) is 1.82. The normalized spacial score (nSPS) is 19.7. The van der Waals surface area contributed by atoms with Gasteiger partial charge in [-0.25, -0.2) is 4.79 Å². The predicted molar refractivity (Wildman–Crippen MR) is 125 cm³/mol. The quantitative estimate of drug-likeness (QED) is 0.662. The van der Waals surface area contributed by atoms with Crippen molar-refractivity contribution in [1.82, 2.24) is 9.78 Å². The number of carbonyl (C=O) groups is 1. The Bertz CT molecular complexity index is 1040. The molecule has 0 radical (unpaired) electrons. The summed E-state index contributed by atoms with van der Waals surface area (Å²) in [6, 6.07) is 6.17. The SMILES string of the molecule is CC1CCCC=C1c1nn(C)c(C(OC(C)(C)C)C(=O)O)c1-c1ccc2c(c1)CCCO2. The molecular formula is C26H34N2O4. The first-order valence-corrected chi connectivity index (χ1v) is 11.6. The van der Waals surface area contributed by atoms with Gasteiger partial charge < -0.3 is 14.6 Å². The minimum absolute atomic E-state index is 0.373. The highest BCUT2D eigenvalue weighted by atomic mass is 16.5. The van der Waals surface area contributed by atoms with E-state index in [0.717, 1.165) is 60.4 Å². The van der Waals surface area contributed by atoms with Crippen molar-refractivity contribution in [3.05, 3.63) is 41.2 Å². The van der Waals surface area contributed by atoms with Crippen LogP contribution < -0.4 is 4.74 Å². The first kappa shape index (κ1) is 22.6. The average molecular weight is 439 g/mol. The van der Waals surface area contributed by atoms with Crippen molar-refractivity contribution < 1.29 is 19.4 Å². The van der Waals surface area contributed by atoms with Gasteiger partial charge in [-0.1, -0.05) is 19.1 Å². The molecule has 0 saturated heterocycles. The molecule has 1 aliphatic carbocycles. The number of aromatic nitrogens is 2. The number of fused-ring (bicyclic) bond motifs is 1. The molecule has 172 valence electrons. The van der Waals surface area contributed by atoms with Crippen LogP contribution in [0.5, 0.6) is 5.75 Å². The first-order valence-electron chi connectivity index (χ1n) is 11.6. The zero-order valence-corrected chi connectivity index (χ0v) is 19.8. The van der Waals surface area contributed by atoms with Gasteiger partial charge in [-0.05, 0) is 87.6 Å². The first-order chi connectivity index (χ1) is 15.2. The molecule has 6 nitrogen and oxygen atoms in total. The van der Waals surface area contributed by atoms with E-state index in [1.165, 1.54) is 12.0 Å². The van der Waals surface area contributed by atoms with Crippen LogP contribution in [0.3, 0.4) is 0 Å². The number of benzene rings is 1. The third-order valence-corrected chi connectivity index (χ3v) is 6.24. The van der Waals surface area contributed by atoms with Gasteiger partial charge in [0, 0.05) is 12.6 Å². The van der Waals surface area contributed by atoms with Crippen molar-refractivity contribution in [3.8, 4) is 16.9 Å². The third-order valence-electron chi connectivity index (χ3n) is 6.24. The van der Waals surface area contributed by atoms with Crippen molar-refractivity contribution in [3.63, 3.8) is 0 Å². The molecule has 4 rings (SSSR count). The number of aliphatic carboxylic acids is 1. The number of nitrogens with zero attached hydrogens (tertiary/aromatic N) is 2. The Kier molecular flexibility index (Phi) is 6.17. The highest BCUT2D eigenvalue weighted by Gasteiger charge is 2.35. The van der Waals surface area contributed by atoms with Gasteiger partial charge in [0.05, 0.1) is 23.6 Å². The second-order valence-electron chi connectivity index (χ2n) is 9.95. The van der Waals surface area contributed by atoms with Gasteiger partial charge in [0.25, 0.3) is 0 Å². The molecule has 0 bridgehead atoms. The van der Waals surface area contributed by atoms with Crippen LogP contribution in [0.2, 0.25) is 0 Å². The van der Waals surface area contributed by atoms with E-state index in [1.54, 1.807) is 4.68 Å². The van der Waals surface area contributed by atoms with Crippen LogP contribution in [0.15, 0.2) is 24.3 Å². The lowest BCUT2D eigenvalue weighted by atomic mass is 9.84. The smallest absolute Gasteiger partial charge is 0.339 e. The molecule has 32 heavy (non-hydrogen) atoms. The van der Waals surface area contributed by atoms with Crippen molar-refractivity contribution >= 4 is 11.5 Å². The zero-order valence-electron chi connectivity index (χ0n) is 19.8. The van der Waals surface area contributed by atoms with E-state index >= 15 is 0 Å². The molecular weight excluding hydrogens is 404 g/mol. The number of hydrogen-bond acceptors (Lipinski definition) is 4. The number of aryl methyl sites for hydroxylation is 2. The van der Waals surface area contributed by atoms with Crippen LogP contribution in [0.1, 0.15) is 76.4 Å². The molecule has 2 aromatic rings. The highest BCUT2D eigenvalue weighted by molar-refractivity contribution is 5.86. The highest BCUT2D eigenvalue weighted by Crippen LogP contribution is 2.43. The van der Waals surface area contributed by atoms with Crippen molar-refractivity contribution in [2.45, 2.75) is 71.5 Å². The summed E-state index contributed by atoms with van der Waals surface area (Å²) in [5, 5.41) is 15.0. The topological polar surface area (TPSA) is 73.6 Å². The molecule has 0 saturated carbocycles. The average Bonchev–Trinajstić information content (AvgIpc) is 3.07. The lowest BCUT2D eigenvalue weighted by Crippen LogP contribution is -2.29. The Morgan fingerprint density at radius 1 is 1.31 bits per heavy atom. The number of allylic oxidation sites excluding steroid dienone is 2. The molecule has 1 aromatic carbocycles. The largest absolute Gasteiger partial charge is 0.493 e. The molecule has 1 aliphatic heterocycles. The molecule has 2 atom stereocenters. The molecule has 0 amide bonds. The van der Waals surface area contributed by atoms with E-state index in [1.807, 2.05) is 40.0 Å². The summed E-state index contributed by atoms with van der Waals surface area (Å²) >= 11 is 0. The monoisotopic (exact) mass is 438 g/mol.